The number of methoxy groups -OCH3 is 1. The van der Waals surface area contributed by atoms with E-state index in [1.54, 1.807) is 19.2 Å². The van der Waals surface area contributed by atoms with E-state index in [0.29, 0.717) is 12.5 Å². The first-order chi connectivity index (χ1) is 13.6. The average Bonchev–Trinajstić information content (AvgIpc) is 2.73. The zero-order valence-electron chi connectivity index (χ0n) is 16.0. The standard InChI is InChI=1S/C21H25N3O4/c1-28-18-8-6-17(7-9-18)15-23-12-10-16(11-13-23)14-22-21(25)19-4-2-3-5-20(19)24(26)27/h2-9,16H,10-15H2,1H3,(H,22,25). The molecule has 0 aromatic heterocycles. The Labute approximate surface area is 164 Å². The molecule has 0 spiro atoms. The predicted molar refractivity (Wildman–Crippen MR) is 106 cm³/mol. The van der Waals surface area contributed by atoms with Crippen LogP contribution in [0.3, 0.4) is 0 Å². The van der Waals surface area contributed by atoms with Crippen LogP contribution in [-0.2, 0) is 6.54 Å². The molecule has 1 heterocycles. The third kappa shape index (κ3) is 5.07. The van der Waals surface area contributed by atoms with Gasteiger partial charge in [-0.2, -0.15) is 0 Å². The molecule has 1 saturated heterocycles. The van der Waals surface area contributed by atoms with Gasteiger partial charge in [0.2, 0.25) is 0 Å². The van der Waals surface area contributed by atoms with Crippen molar-refractivity contribution in [1.29, 1.82) is 0 Å². The van der Waals surface area contributed by atoms with E-state index in [1.807, 2.05) is 12.1 Å². The molecular weight excluding hydrogens is 358 g/mol. The number of rotatable bonds is 7. The molecule has 3 rings (SSSR count). The molecule has 1 aliphatic rings. The number of ether oxygens (including phenoxy) is 1. The monoisotopic (exact) mass is 383 g/mol. The fraction of sp³-hybridized carbons (Fsp3) is 0.381. The number of nitro benzene ring substituents is 1. The van der Waals surface area contributed by atoms with Crippen molar-refractivity contribution < 1.29 is 14.5 Å². The minimum atomic E-state index is -0.521. The van der Waals surface area contributed by atoms with Gasteiger partial charge in [-0.25, -0.2) is 0 Å². The maximum absolute atomic E-state index is 12.3. The second kappa shape index (κ2) is 9.32. The second-order valence-electron chi connectivity index (χ2n) is 7.05. The number of hydrogen-bond donors (Lipinski definition) is 1. The van der Waals surface area contributed by atoms with E-state index in [1.165, 1.54) is 17.7 Å². The van der Waals surface area contributed by atoms with Crippen molar-refractivity contribution >= 4 is 11.6 Å². The summed E-state index contributed by atoms with van der Waals surface area (Å²) in [6, 6.07) is 14.2. The summed E-state index contributed by atoms with van der Waals surface area (Å²) in [4.78, 5) is 25.3. The van der Waals surface area contributed by atoms with E-state index in [4.69, 9.17) is 4.74 Å². The lowest BCUT2D eigenvalue weighted by Gasteiger charge is -2.32. The van der Waals surface area contributed by atoms with Crippen LogP contribution in [0.2, 0.25) is 0 Å². The first-order valence-electron chi connectivity index (χ1n) is 9.43. The minimum absolute atomic E-state index is 0.115. The Morgan fingerprint density at radius 1 is 1.18 bits per heavy atom. The molecule has 28 heavy (non-hydrogen) atoms. The van der Waals surface area contributed by atoms with Gasteiger partial charge in [-0.15, -0.1) is 0 Å². The van der Waals surface area contributed by atoms with Crippen molar-refractivity contribution in [3.05, 3.63) is 69.8 Å². The first-order valence-corrected chi connectivity index (χ1v) is 9.43. The second-order valence-corrected chi connectivity index (χ2v) is 7.05. The first kappa shape index (κ1) is 19.8. The Morgan fingerprint density at radius 3 is 2.50 bits per heavy atom. The highest BCUT2D eigenvalue weighted by molar-refractivity contribution is 5.98. The highest BCUT2D eigenvalue weighted by Crippen LogP contribution is 2.21. The van der Waals surface area contributed by atoms with Crippen LogP contribution in [0.5, 0.6) is 5.75 Å². The Morgan fingerprint density at radius 2 is 1.86 bits per heavy atom. The van der Waals surface area contributed by atoms with Gasteiger partial charge < -0.3 is 10.1 Å². The number of para-hydroxylation sites is 1. The summed E-state index contributed by atoms with van der Waals surface area (Å²) >= 11 is 0. The van der Waals surface area contributed by atoms with E-state index in [9.17, 15) is 14.9 Å². The lowest BCUT2D eigenvalue weighted by atomic mass is 9.96. The fourth-order valence-corrected chi connectivity index (χ4v) is 3.49. The van der Waals surface area contributed by atoms with Gasteiger partial charge in [0, 0.05) is 19.2 Å². The number of likely N-dealkylation sites (tertiary alicyclic amines) is 1. The van der Waals surface area contributed by atoms with Crippen LogP contribution < -0.4 is 10.1 Å². The van der Waals surface area contributed by atoms with Crippen LogP contribution in [0.1, 0.15) is 28.8 Å². The largest absolute Gasteiger partial charge is 0.497 e. The maximum Gasteiger partial charge on any atom is 0.282 e. The summed E-state index contributed by atoms with van der Waals surface area (Å²) in [5.41, 5.74) is 1.21. The van der Waals surface area contributed by atoms with Crippen LogP contribution in [0.25, 0.3) is 0 Å². The molecular formula is C21H25N3O4. The van der Waals surface area contributed by atoms with Gasteiger partial charge in [-0.05, 0) is 55.6 Å². The normalized spacial score (nSPS) is 15.2. The summed E-state index contributed by atoms with van der Waals surface area (Å²) in [5, 5.41) is 13.9. The number of piperidine rings is 1. The molecule has 0 bridgehead atoms. The molecule has 1 N–H and O–H groups in total. The quantitative estimate of drug-likeness (QED) is 0.586. The number of hydrogen-bond acceptors (Lipinski definition) is 5. The molecule has 0 aliphatic carbocycles. The van der Waals surface area contributed by atoms with E-state index in [2.05, 4.69) is 22.3 Å². The van der Waals surface area contributed by atoms with Gasteiger partial charge >= 0.3 is 0 Å². The van der Waals surface area contributed by atoms with E-state index >= 15 is 0 Å². The number of nitrogens with zero attached hydrogens (tertiary/aromatic N) is 2. The molecule has 0 saturated carbocycles. The molecule has 2 aromatic carbocycles. The number of carbonyl (C=O) groups excluding carboxylic acids is 1. The third-order valence-corrected chi connectivity index (χ3v) is 5.17. The molecule has 2 aromatic rings. The van der Waals surface area contributed by atoms with Gasteiger partial charge in [-0.3, -0.25) is 19.8 Å². The van der Waals surface area contributed by atoms with E-state index < -0.39 is 4.92 Å². The Kier molecular flexibility index (Phi) is 6.60. The molecule has 0 unspecified atom stereocenters. The molecule has 1 aliphatic heterocycles. The van der Waals surface area contributed by atoms with Gasteiger partial charge in [0.15, 0.2) is 0 Å². The fourth-order valence-electron chi connectivity index (χ4n) is 3.49. The number of carbonyl (C=O) groups is 1. The Balaban J connectivity index is 1.45. The molecule has 1 fully saturated rings. The number of nitrogens with one attached hydrogen (secondary N) is 1. The number of amides is 1. The van der Waals surface area contributed by atoms with Crippen LogP contribution in [-0.4, -0.2) is 42.5 Å². The number of nitro groups is 1. The summed E-state index contributed by atoms with van der Waals surface area (Å²) in [6.45, 7) is 3.39. The SMILES string of the molecule is COc1ccc(CN2CCC(CNC(=O)c3ccccc3[N+](=O)[O-])CC2)cc1. The van der Waals surface area contributed by atoms with E-state index in [-0.39, 0.29) is 17.2 Å². The van der Waals surface area contributed by atoms with Crippen LogP contribution >= 0.6 is 0 Å². The lowest BCUT2D eigenvalue weighted by molar-refractivity contribution is -0.385. The zero-order chi connectivity index (χ0) is 19.9. The maximum atomic E-state index is 12.3. The van der Waals surface area contributed by atoms with Crippen molar-refractivity contribution in [2.45, 2.75) is 19.4 Å². The van der Waals surface area contributed by atoms with Gasteiger partial charge in [0.25, 0.3) is 11.6 Å². The highest BCUT2D eigenvalue weighted by Gasteiger charge is 2.22. The van der Waals surface area contributed by atoms with Crippen molar-refractivity contribution in [3.8, 4) is 5.75 Å². The van der Waals surface area contributed by atoms with Gasteiger partial charge in [-0.1, -0.05) is 24.3 Å². The van der Waals surface area contributed by atoms with Gasteiger partial charge in [0.1, 0.15) is 11.3 Å². The molecule has 0 radical (unpaired) electrons. The summed E-state index contributed by atoms with van der Waals surface area (Å²) < 4.78 is 5.19. The molecule has 1 amide bonds. The topological polar surface area (TPSA) is 84.7 Å². The average molecular weight is 383 g/mol. The predicted octanol–water partition coefficient (Wildman–Crippen LogP) is 3.25. The summed E-state index contributed by atoms with van der Waals surface area (Å²) in [5.74, 6) is 0.864. The molecule has 7 heteroatoms. The third-order valence-electron chi connectivity index (χ3n) is 5.17. The minimum Gasteiger partial charge on any atom is -0.497 e. The molecule has 7 nitrogen and oxygen atoms in total. The van der Waals surface area contributed by atoms with Crippen LogP contribution in [0.4, 0.5) is 5.69 Å². The Hall–Kier alpha value is -2.93. The smallest absolute Gasteiger partial charge is 0.282 e. The van der Waals surface area contributed by atoms with Crippen LogP contribution in [0, 0.1) is 16.0 Å². The van der Waals surface area contributed by atoms with Crippen molar-refractivity contribution in [2.75, 3.05) is 26.7 Å². The van der Waals surface area contributed by atoms with Crippen molar-refractivity contribution in [1.82, 2.24) is 10.2 Å². The van der Waals surface area contributed by atoms with Crippen molar-refractivity contribution in [3.63, 3.8) is 0 Å². The van der Waals surface area contributed by atoms with E-state index in [0.717, 1.165) is 38.2 Å². The molecule has 0 atom stereocenters. The number of benzene rings is 2. The van der Waals surface area contributed by atoms with Crippen molar-refractivity contribution in [2.24, 2.45) is 5.92 Å². The molecule has 148 valence electrons. The summed E-state index contributed by atoms with van der Waals surface area (Å²) in [6.07, 6.45) is 1.99. The van der Waals surface area contributed by atoms with Gasteiger partial charge in [0.05, 0.1) is 12.0 Å². The Bertz CT molecular complexity index is 815. The lowest BCUT2D eigenvalue weighted by Crippen LogP contribution is -2.38. The summed E-state index contributed by atoms with van der Waals surface area (Å²) in [7, 11) is 1.66. The highest BCUT2D eigenvalue weighted by atomic mass is 16.6. The van der Waals surface area contributed by atoms with Crippen LogP contribution in [0.15, 0.2) is 48.5 Å². The zero-order valence-corrected chi connectivity index (χ0v) is 16.0.